The highest BCUT2D eigenvalue weighted by atomic mass is 32.2. The average Bonchev–Trinajstić information content (AvgIpc) is 3.05. The van der Waals surface area contributed by atoms with Gasteiger partial charge >= 0.3 is 0 Å². The van der Waals surface area contributed by atoms with Crippen LogP contribution in [0.5, 0.6) is 5.75 Å². The summed E-state index contributed by atoms with van der Waals surface area (Å²) in [5, 5.41) is 0. The first-order valence-corrected chi connectivity index (χ1v) is 15.7. The van der Waals surface area contributed by atoms with Gasteiger partial charge in [0.1, 0.15) is 5.75 Å². The molecule has 2 aliphatic heterocycles. The van der Waals surface area contributed by atoms with Gasteiger partial charge in [0, 0.05) is 31.2 Å². The summed E-state index contributed by atoms with van der Waals surface area (Å²) in [5.74, 6) is 1.88. The second-order valence-corrected chi connectivity index (χ2v) is 13.5. The number of rotatable bonds is 1. The van der Waals surface area contributed by atoms with Crippen molar-refractivity contribution in [3.63, 3.8) is 0 Å². The zero-order valence-electron chi connectivity index (χ0n) is 22.9. The van der Waals surface area contributed by atoms with E-state index in [0.717, 1.165) is 63.1 Å². The van der Waals surface area contributed by atoms with E-state index in [0.29, 0.717) is 29.8 Å². The highest BCUT2D eigenvalue weighted by Crippen LogP contribution is 2.48. The Bertz CT molecular complexity index is 1440. The number of ether oxygens (including phenoxy) is 2. The standard InChI is InChI=1S/C32H37N2O4S/c1-20-5-11-27-21(14-20)4-3-13-32(27)18-34-16-23-6-9-25(23)30(37-2)26-10-7-24(26)17-39(36)33-31(35)22-8-12-29(38-19-32)28(34)15-22/h5,8,10-12,14-15,23-25,30H,3-4,6-7,9,13,16-19H2,1-2H3/q-1/t23-,24-,25+,30+,32-/m0/s1. The third kappa shape index (κ3) is 4.33. The predicted molar refractivity (Wildman–Crippen MR) is 153 cm³/mol. The number of fused-ring (bicyclic) bond motifs is 5. The summed E-state index contributed by atoms with van der Waals surface area (Å²) in [7, 11) is 0.237. The lowest BCUT2D eigenvalue weighted by molar-refractivity contribution is -0.00146. The third-order valence-electron chi connectivity index (χ3n) is 10.0. The summed E-state index contributed by atoms with van der Waals surface area (Å²) in [5.41, 5.74) is 6.74. The molecule has 39 heavy (non-hydrogen) atoms. The van der Waals surface area contributed by atoms with Crippen molar-refractivity contribution in [1.82, 2.24) is 0 Å². The molecule has 1 spiro atoms. The van der Waals surface area contributed by atoms with E-state index in [-0.39, 0.29) is 17.4 Å². The van der Waals surface area contributed by atoms with Crippen LogP contribution in [0.4, 0.5) is 5.69 Å². The smallest absolute Gasteiger partial charge is 0.254 e. The maximum atomic E-state index is 13.2. The van der Waals surface area contributed by atoms with Crippen LogP contribution in [0.3, 0.4) is 0 Å². The largest absolute Gasteiger partial charge is 0.490 e. The summed E-state index contributed by atoms with van der Waals surface area (Å²) in [6.45, 7) is 4.55. The molecule has 1 fully saturated rings. The van der Waals surface area contributed by atoms with Crippen LogP contribution >= 0.6 is 0 Å². The predicted octanol–water partition coefficient (Wildman–Crippen LogP) is 5.76. The number of amides is 1. The molecule has 2 aromatic carbocycles. The Morgan fingerprint density at radius 3 is 2.85 bits per heavy atom. The highest BCUT2D eigenvalue weighted by Gasteiger charge is 2.46. The van der Waals surface area contributed by atoms with Gasteiger partial charge in [-0.05, 0) is 98.1 Å². The Hall–Kier alpha value is -2.64. The van der Waals surface area contributed by atoms with Crippen LogP contribution in [0.25, 0.3) is 0 Å². The monoisotopic (exact) mass is 545 g/mol. The number of methoxy groups -OCH3 is 1. The number of anilines is 1. The van der Waals surface area contributed by atoms with Gasteiger partial charge in [-0.2, -0.15) is 10.6 Å². The molecule has 5 aliphatic rings. The van der Waals surface area contributed by atoms with Gasteiger partial charge in [0.25, 0.3) is 5.91 Å². The molecule has 0 unspecified atom stereocenters. The maximum absolute atomic E-state index is 13.2. The number of nitrogens with zero attached hydrogens (tertiary/aromatic N) is 2. The normalized spacial score (nSPS) is 32.1. The molecular weight excluding hydrogens is 508 g/mol. The van der Waals surface area contributed by atoms with Crippen molar-refractivity contribution in [3.05, 3.63) is 70.3 Å². The van der Waals surface area contributed by atoms with E-state index in [9.17, 15) is 9.00 Å². The van der Waals surface area contributed by atoms with Crippen molar-refractivity contribution in [2.75, 3.05) is 37.5 Å². The van der Waals surface area contributed by atoms with Crippen molar-refractivity contribution in [2.45, 2.75) is 57.0 Å². The van der Waals surface area contributed by atoms with E-state index < -0.39 is 16.5 Å². The van der Waals surface area contributed by atoms with Crippen LogP contribution in [-0.2, 0) is 31.4 Å². The molecule has 3 aliphatic carbocycles. The molecule has 7 rings (SSSR count). The van der Waals surface area contributed by atoms with Crippen LogP contribution < -0.4 is 9.64 Å². The van der Waals surface area contributed by atoms with Crippen LogP contribution in [0.2, 0.25) is 0 Å². The quantitative estimate of drug-likeness (QED) is 0.337. The molecule has 2 bridgehead atoms. The first-order valence-electron chi connectivity index (χ1n) is 14.4. The van der Waals surface area contributed by atoms with E-state index in [1.165, 1.54) is 22.3 Å². The second kappa shape index (κ2) is 9.77. The van der Waals surface area contributed by atoms with Crippen LogP contribution in [0.15, 0.2) is 52.4 Å². The SMILES string of the molecule is CO[C@H]1C2=CC[C@H]2C[S-](=O)=NC(=O)c2ccc3c(c2)N(C[C@@H]2CC[C@H]21)C[C@@]1(CCCc2cc(C)ccc21)CO3. The topological polar surface area (TPSA) is 68.2 Å². The minimum absolute atomic E-state index is 0.0412. The lowest BCUT2D eigenvalue weighted by atomic mass is 9.65. The van der Waals surface area contributed by atoms with Gasteiger partial charge in [-0.25, -0.2) is 0 Å². The number of hydrogen-bond acceptors (Lipinski definition) is 6. The molecule has 0 radical (unpaired) electrons. The number of aryl methyl sites for hydroxylation is 2. The van der Waals surface area contributed by atoms with E-state index in [2.05, 4.69) is 40.5 Å². The summed E-state index contributed by atoms with van der Waals surface area (Å²) >= 11 is 0. The number of allylic oxidation sites excluding steroid dienone is 1. The van der Waals surface area contributed by atoms with Gasteiger partial charge in [-0.3, -0.25) is 4.79 Å². The molecule has 1 saturated carbocycles. The Kier molecular flexibility index (Phi) is 6.35. The molecule has 5 atom stereocenters. The van der Waals surface area contributed by atoms with Crippen molar-refractivity contribution < 1.29 is 18.5 Å². The Morgan fingerprint density at radius 2 is 2.08 bits per heavy atom. The maximum Gasteiger partial charge on any atom is 0.254 e. The summed E-state index contributed by atoms with van der Waals surface area (Å²) < 4.78 is 29.7. The lowest BCUT2D eigenvalue weighted by Gasteiger charge is -2.48. The average molecular weight is 546 g/mol. The van der Waals surface area contributed by atoms with Crippen molar-refractivity contribution in [1.29, 1.82) is 0 Å². The minimum atomic E-state index is -1.57. The van der Waals surface area contributed by atoms with Crippen LogP contribution in [0, 0.1) is 24.7 Å². The molecule has 2 aromatic rings. The van der Waals surface area contributed by atoms with Gasteiger partial charge < -0.3 is 22.9 Å². The van der Waals surface area contributed by atoms with Crippen molar-refractivity contribution >= 4 is 22.2 Å². The highest BCUT2D eigenvalue weighted by molar-refractivity contribution is 7.75. The molecule has 0 N–H and O–H groups in total. The van der Waals surface area contributed by atoms with Crippen LogP contribution in [-0.4, -0.2) is 44.6 Å². The molecule has 1 amide bonds. The van der Waals surface area contributed by atoms with E-state index >= 15 is 0 Å². The molecule has 0 aromatic heterocycles. The third-order valence-corrected chi connectivity index (χ3v) is 11.1. The molecule has 206 valence electrons. The number of benzene rings is 2. The zero-order valence-corrected chi connectivity index (χ0v) is 23.7. The Labute approximate surface area is 233 Å². The number of carbonyl (C=O) groups is 1. The number of hydrogen-bond donors (Lipinski definition) is 0. The van der Waals surface area contributed by atoms with Gasteiger partial charge in [-0.15, -0.1) is 0 Å². The fraction of sp³-hybridized carbons (Fsp3) is 0.531. The summed E-state index contributed by atoms with van der Waals surface area (Å²) in [6.07, 6.45) is 8.81. The van der Waals surface area contributed by atoms with Crippen molar-refractivity contribution in [2.24, 2.45) is 22.1 Å². The van der Waals surface area contributed by atoms with E-state index in [1.807, 2.05) is 19.2 Å². The first kappa shape index (κ1) is 25.3. The van der Waals surface area contributed by atoms with Gasteiger partial charge in [0.15, 0.2) is 0 Å². The zero-order chi connectivity index (χ0) is 26.7. The van der Waals surface area contributed by atoms with E-state index in [1.54, 1.807) is 6.07 Å². The summed E-state index contributed by atoms with van der Waals surface area (Å²) in [6, 6.07) is 12.5. The molecular formula is C32H37N2O4S-. The van der Waals surface area contributed by atoms with Gasteiger partial charge in [0.2, 0.25) is 0 Å². The Morgan fingerprint density at radius 1 is 1.18 bits per heavy atom. The lowest BCUT2D eigenvalue weighted by Crippen LogP contribution is -2.50. The van der Waals surface area contributed by atoms with Crippen molar-refractivity contribution in [3.8, 4) is 5.75 Å². The first-order chi connectivity index (χ1) is 18.9. The molecule has 2 heterocycles. The van der Waals surface area contributed by atoms with Gasteiger partial charge in [0.05, 0.1) is 18.4 Å². The van der Waals surface area contributed by atoms with Crippen LogP contribution in [0.1, 0.15) is 59.2 Å². The fourth-order valence-electron chi connectivity index (χ4n) is 7.76. The van der Waals surface area contributed by atoms with Gasteiger partial charge in [-0.1, -0.05) is 35.6 Å². The Balaban J connectivity index is 1.33. The fourth-order valence-corrected chi connectivity index (χ4v) is 8.79. The minimum Gasteiger partial charge on any atom is -0.490 e. The molecule has 0 saturated heterocycles. The molecule has 6 nitrogen and oxygen atoms in total. The molecule has 7 heteroatoms. The summed E-state index contributed by atoms with van der Waals surface area (Å²) in [4.78, 5) is 15.6. The van der Waals surface area contributed by atoms with E-state index in [4.69, 9.17) is 9.47 Å². The second-order valence-electron chi connectivity index (χ2n) is 12.3. The number of carbonyl (C=O) groups excluding carboxylic acids is 1.